The molecule has 6 heteroatoms. The van der Waals surface area contributed by atoms with Gasteiger partial charge in [-0.05, 0) is 42.4 Å². The fraction of sp³-hybridized carbons (Fsp3) is 0.636. The number of fused-ring (bicyclic) bond motifs is 5. The second kappa shape index (κ2) is 5.85. The van der Waals surface area contributed by atoms with Crippen molar-refractivity contribution in [3.8, 4) is 0 Å². The van der Waals surface area contributed by atoms with Crippen molar-refractivity contribution in [2.75, 3.05) is 6.67 Å². The van der Waals surface area contributed by atoms with E-state index in [1.54, 1.807) is 19.9 Å². The summed E-state index contributed by atoms with van der Waals surface area (Å²) in [4.78, 5) is 22.9. The van der Waals surface area contributed by atoms with Crippen molar-refractivity contribution in [1.29, 1.82) is 0 Å². The van der Waals surface area contributed by atoms with Crippen molar-refractivity contribution < 1.29 is 23.5 Å². The van der Waals surface area contributed by atoms with Crippen LogP contribution >= 0.6 is 11.6 Å². The fourth-order valence-electron chi connectivity index (χ4n) is 6.64. The summed E-state index contributed by atoms with van der Waals surface area (Å²) in [5.74, 6) is -2.29. The van der Waals surface area contributed by atoms with Gasteiger partial charge in [-0.25, -0.2) is 8.78 Å². The van der Waals surface area contributed by atoms with Crippen molar-refractivity contribution in [2.45, 2.75) is 50.3 Å². The first-order chi connectivity index (χ1) is 13.0. The highest BCUT2D eigenvalue weighted by Crippen LogP contribution is 2.70. The summed E-state index contributed by atoms with van der Waals surface area (Å²) in [5.41, 5.74) is -3.26. The Bertz CT molecular complexity index is 851. The number of Topliss-reactive ketones (excluding diaryl/α,β-unsaturated/α-hetero) is 1. The van der Waals surface area contributed by atoms with Gasteiger partial charge in [0.1, 0.15) is 11.8 Å². The van der Waals surface area contributed by atoms with E-state index < -0.39 is 51.8 Å². The third-order valence-electron chi connectivity index (χ3n) is 8.29. The molecule has 4 aliphatic carbocycles. The molecule has 0 aromatic rings. The molecule has 1 N–H and O–H groups in total. The molecule has 0 radical (unpaired) electrons. The minimum Gasteiger partial charge on any atom is -0.381 e. The Morgan fingerprint density at radius 1 is 1.36 bits per heavy atom. The van der Waals surface area contributed by atoms with Crippen LogP contribution in [0.25, 0.3) is 0 Å². The van der Waals surface area contributed by atoms with Gasteiger partial charge in [-0.15, -0.1) is 11.6 Å². The predicted molar refractivity (Wildman–Crippen MR) is 102 cm³/mol. The molecule has 152 valence electrons. The lowest BCUT2D eigenvalue weighted by molar-refractivity contribution is -0.169. The molecule has 0 spiro atoms. The number of hydrogen-bond acceptors (Lipinski definition) is 3. The molecular formula is C22H25ClF2O3. The van der Waals surface area contributed by atoms with Crippen molar-refractivity contribution in [1.82, 2.24) is 0 Å². The highest BCUT2D eigenvalue weighted by atomic mass is 35.5. The van der Waals surface area contributed by atoms with Crippen LogP contribution in [0.15, 0.2) is 36.0 Å². The summed E-state index contributed by atoms with van der Waals surface area (Å²) in [6, 6.07) is 0. The van der Waals surface area contributed by atoms with E-state index in [-0.39, 0.29) is 18.1 Å². The molecule has 2 saturated carbocycles. The second-order valence-electron chi connectivity index (χ2n) is 9.35. The molecule has 0 aliphatic heterocycles. The maximum absolute atomic E-state index is 15.9. The van der Waals surface area contributed by atoms with Gasteiger partial charge in [0.15, 0.2) is 18.2 Å². The van der Waals surface area contributed by atoms with Crippen molar-refractivity contribution in [3.63, 3.8) is 0 Å². The summed E-state index contributed by atoms with van der Waals surface area (Å²) in [6.45, 7) is 3.97. The summed E-state index contributed by atoms with van der Waals surface area (Å²) in [6.07, 6.45) is 6.98. The average molecular weight is 411 g/mol. The van der Waals surface area contributed by atoms with E-state index in [2.05, 4.69) is 0 Å². The van der Waals surface area contributed by atoms with Gasteiger partial charge in [0, 0.05) is 16.7 Å². The summed E-state index contributed by atoms with van der Waals surface area (Å²) >= 11 is 7.10. The van der Waals surface area contributed by atoms with Gasteiger partial charge in [0.05, 0.1) is 4.87 Å². The standard InChI is InChI=1S/C22H25ClF2O3/c1-12-8-16-15-5-4-13-9-14(26)6-7-19(13,2)21(15,23)17(25)10-20(16,3)22(12,28)18(27)11-24/h4-7,9,12,15-17,28H,8,10-11H2,1-3H3/t12-,15-,16-,17-,19-,20-,21-,22-/m0/s1. The highest BCUT2D eigenvalue weighted by Gasteiger charge is 2.74. The van der Waals surface area contributed by atoms with E-state index in [4.69, 9.17) is 11.6 Å². The number of alkyl halides is 3. The number of hydrogen-bond donors (Lipinski definition) is 1. The first-order valence-corrected chi connectivity index (χ1v) is 10.1. The van der Waals surface area contributed by atoms with Crippen molar-refractivity contribution in [3.05, 3.63) is 36.0 Å². The van der Waals surface area contributed by atoms with Gasteiger partial charge in [0.25, 0.3) is 0 Å². The van der Waals surface area contributed by atoms with Gasteiger partial charge in [-0.2, -0.15) is 0 Å². The number of allylic oxidation sites excluding steroid dienone is 6. The molecule has 4 rings (SSSR count). The summed E-state index contributed by atoms with van der Waals surface area (Å²) < 4.78 is 29.2. The largest absolute Gasteiger partial charge is 0.381 e. The molecule has 0 aromatic heterocycles. The zero-order chi connectivity index (χ0) is 20.7. The Balaban J connectivity index is 1.88. The molecule has 8 atom stereocenters. The minimum absolute atomic E-state index is 0.136. The van der Waals surface area contributed by atoms with Crippen LogP contribution in [0.2, 0.25) is 0 Å². The lowest BCUT2D eigenvalue weighted by Gasteiger charge is -2.61. The minimum atomic E-state index is -1.92. The molecule has 0 heterocycles. The molecule has 28 heavy (non-hydrogen) atoms. The maximum Gasteiger partial charge on any atom is 0.196 e. The van der Waals surface area contributed by atoms with Gasteiger partial charge < -0.3 is 5.11 Å². The summed E-state index contributed by atoms with van der Waals surface area (Å²) in [7, 11) is 0. The van der Waals surface area contributed by atoms with E-state index in [1.807, 2.05) is 19.1 Å². The summed E-state index contributed by atoms with van der Waals surface area (Å²) in [5, 5.41) is 11.3. The van der Waals surface area contributed by atoms with E-state index in [1.165, 1.54) is 12.2 Å². The topological polar surface area (TPSA) is 54.4 Å². The van der Waals surface area contributed by atoms with E-state index in [0.29, 0.717) is 12.0 Å². The molecule has 0 unspecified atom stereocenters. The Labute approximate surface area is 168 Å². The first-order valence-electron chi connectivity index (χ1n) is 9.75. The van der Waals surface area contributed by atoms with Crippen LogP contribution < -0.4 is 0 Å². The normalized spacial score (nSPS) is 52.0. The van der Waals surface area contributed by atoms with Crippen LogP contribution in [-0.4, -0.2) is 40.0 Å². The predicted octanol–water partition coefficient (Wildman–Crippen LogP) is 3.90. The van der Waals surface area contributed by atoms with Crippen LogP contribution in [0.3, 0.4) is 0 Å². The molecular weight excluding hydrogens is 386 g/mol. The Kier molecular flexibility index (Phi) is 4.17. The Morgan fingerprint density at radius 3 is 2.68 bits per heavy atom. The van der Waals surface area contributed by atoms with E-state index >= 15 is 4.39 Å². The first kappa shape index (κ1) is 20.0. The number of ketones is 2. The van der Waals surface area contributed by atoms with Crippen LogP contribution in [0.5, 0.6) is 0 Å². The van der Waals surface area contributed by atoms with Gasteiger partial charge >= 0.3 is 0 Å². The van der Waals surface area contributed by atoms with Crippen molar-refractivity contribution in [2.24, 2.45) is 28.6 Å². The highest BCUT2D eigenvalue weighted by molar-refractivity contribution is 6.26. The van der Waals surface area contributed by atoms with E-state index in [0.717, 1.165) is 0 Å². The third kappa shape index (κ3) is 2.02. The van der Waals surface area contributed by atoms with Crippen LogP contribution in [0.1, 0.15) is 33.6 Å². The van der Waals surface area contributed by atoms with Gasteiger partial charge in [0.2, 0.25) is 0 Å². The van der Waals surface area contributed by atoms with E-state index in [9.17, 15) is 19.1 Å². The molecule has 0 bridgehead atoms. The molecule has 2 fully saturated rings. The SMILES string of the molecule is C[C@H]1C[C@H]2[C@@H]3C=CC4=CC(=O)C=C[C@]4(C)[C@@]3(Cl)[C@@H](F)C[C@]2(C)[C@@]1(O)C(=O)CF. The van der Waals surface area contributed by atoms with Crippen LogP contribution in [-0.2, 0) is 9.59 Å². The lowest BCUT2D eigenvalue weighted by atomic mass is 9.47. The Morgan fingerprint density at radius 2 is 2.04 bits per heavy atom. The number of halogens is 3. The quantitative estimate of drug-likeness (QED) is 0.702. The fourth-order valence-corrected chi connectivity index (χ4v) is 7.12. The smallest absolute Gasteiger partial charge is 0.196 e. The molecule has 0 saturated heterocycles. The number of carbonyl (C=O) groups excluding carboxylic acids is 2. The number of carbonyl (C=O) groups is 2. The zero-order valence-corrected chi connectivity index (χ0v) is 17.0. The third-order valence-corrected chi connectivity index (χ3v) is 9.17. The van der Waals surface area contributed by atoms with Crippen LogP contribution in [0.4, 0.5) is 8.78 Å². The molecule has 4 aliphatic rings. The van der Waals surface area contributed by atoms with Crippen molar-refractivity contribution >= 4 is 23.2 Å². The molecule has 3 nitrogen and oxygen atoms in total. The monoisotopic (exact) mass is 410 g/mol. The number of aliphatic hydroxyl groups is 1. The maximum atomic E-state index is 15.9. The Hall–Kier alpha value is -1.33. The second-order valence-corrected chi connectivity index (χ2v) is 9.97. The van der Waals surface area contributed by atoms with Gasteiger partial charge in [-0.3, -0.25) is 9.59 Å². The van der Waals surface area contributed by atoms with Crippen LogP contribution in [0, 0.1) is 28.6 Å². The number of rotatable bonds is 2. The zero-order valence-electron chi connectivity index (χ0n) is 16.2. The lowest BCUT2D eigenvalue weighted by Crippen LogP contribution is -2.67. The molecule has 0 amide bonds. The average Bonchev–Trinajstić information content (AvgIpc) is 2.84. The molecule has 0 aromatic carbocycles. The van der Waals surface area contributed by atoms with Gasteiger partial charge in [-0.1, -0.05) is 39.0 Å².